The van der Waals surface area contributed by atoms with E-state index in [1.807, 2.05) is 30.3 Å². The van der Waals surface area contributed by atoms with Crippen molar-refractivity contribution < 1.29 is 18.0 Å². The van der Waals surface area contributed by atoms with E-state index in [0.29, 0.717) is 16.9 Å². The molecule has 0 unspecified atom stereocenters. The van der Waals surface area contributed by atoms with Crippen LogP contribution < -0.4 is 5.32 Å². The molecule has 0 aliphatic rings. The van der Waals surface area contributed by atoms with E-state index >= 15 is 0 Å². The number of hydrogen-bond donors (Lipinski definition) is 1. The number of hydrogen-bond acceptors (Lipinski definition) is 3. The lowest BCUT2D eigenvalue weighted by Gasteiger charge is -2.16. The van der Waals surface area contributed by atoms with Crippen LogP contribution in [0.2, 0.25) is 0 Å². The number of aryl methyl sites for hydroxylation is 2. The van der Waals surface area contributed by atoms with E-state index in [-0.39, 0.29) is 18.5 Å². The summed E-state index contributed by atoms with van der Waals surface area (Å²) in [5.74, 6) is -0.390. The molecule has 1 amide bonds. The Morgan fingerprint density at radius 3 is 2.45 bits per heavy atom. The average molecular weight is 453 g/mol. The van der Waals surface area contributed by atoms with E-state index < -0.39 is 17.6 Å². The predicted octanol–water partition coefficient (Wildman–Crippen LogP) is 4.55. The molecule has 0 aliphatic heterocycles. The van der Waals surface area contributed by atoms with Gasteiger partial charge in [0.2, 0.25) is 5.91 Å². The Bertz CT molecular complexity index is 1270. The molecule has 1 N–H and O–H groups in total. The molecule has 4 aromatic rings. The zero-order valence-corrected chi connectivity index (χ0v) is 18.1. The standard InChI is InChI=1S/C24H22F3N5O/c1-16-10-17(2)32(30-16)21-9-8-19(22(12-21)24(25,26)27)14-28-23(33)11-18-13-29-31(15-18)20-6-4-3-5-7-20/h3-10,12-13,15H,11,14H2,1-2H3,(H,28,33). The lowest BCUT2D eigenvalue weighted by Crippen LogP contribution is -2.26. The summed E-state index contributed by atoms with van der Waals surface area (Å²) < 4.78 is 44.3. The van der Waals surface area contributed by atoms with Crippen LogP contribution in [0, 0.1) is 13.8 Å². The number of nitrogens with one attached hydrogen (secondary N) is 1. The Morgan fingerprint density at radius 2 is 1.79 bits per heavy atom. The van der Waals surface area contributed by atoms with E-state index in [2.05, 4.69) is 15.5 Å². The molecule has 0 radical (unpaired) electrons. The number of alkyl halides is 3. The number of nitrogens with zero attached hydrogens (tertiary/aromatic N) is 4. The normalized spacial score (nSPS) is 11.5. The van der Waals surface area contributed by atoms with Crippen molar-refractivity contribution in [3.63, 3.8) is 0 Å². The number of amides is 1. The molecule has 2 aromatic heterocycles. The minimum atomic E-state index is -4.57. The van der Waals surface area contributed by atoms with E-state index in [0.717, 1.165) is 17.4 Å². The number of aromatic nitrogens is 4. The summed E-state index contributed by atoms with van der Waals surface area (Å²) in [6, 6.07) is 15.2. The highest BCUT2D eigenvalue weighted by Gasteiger charge is 2.34. The molecule has 0 bridgehead atoms. The molecule has 0 saturated carbocycles. The van der Waals surface area contributed by atoms with E-state index in [9.17, 15) is 18.0 Å². The largest absolute Gasteiger partial charge is 0.416 e. The molecule has 4 rings (SSSR count). The number of rotatable bonds is 6. The summed E-state index contributed by atoms with van der Waals surface area (Å²) in [6.45, 7) is 3.32. The zero-order valence-electron chi connectivity index (χ0n) is 18.1. The van der Waals surface area contributed by atoms with Gasteiger partial charge in [-0.05, 0) is 55.3 Å². The van der Waals surface area contributed by atoms with Crippen molar-refractivity contribution >= 4 is 5.91 Å². The Balaban J connectivity index is 1.47. The fourth-order valence-electron chi connectivity index (χ4n) is 3.62. The van der Waals surface area contributed by atoms with Crippen molar-refractivity contribution in [3.05, 3.63) is 95.1 Å². The summed E-state index contributed by atoms with van der Waals surface area (Å²) in [5.41, 5.74) is 2.46. The van der Waals surface area contributed by atoms with Gasteiger partial charge in [-0.1, -0.05) is 24.3 Å². The fourth-order valence-corrected chi connectivity index (χ4v) is 3.62. The third-order valence-electron chi connectivity index (χ3n) is 5.15. The first-order chi connectivity index (χ1) is 15.7. The van der Waals surface area contributed by atoms with Crippen molar-refractivity contribution in [2.45, 2.75) is 33.0 Å². The molecular weight excluding hydrogens is 431 g/mol. The van der Waals surface area contributed by atoms with Gasteiger partial charge < -0.3 is 5.32 Å². The summed E-state index contributed by atoms with van der Waals surface area (Å²) >= 11 is 0. The number of benzene rings is 2. The molecule has 9 heteroatoms. The first-order valence-electron chi connectivity index (χ1n) is 10.3. The Labute approximate surface area is 188 Å². The summed E-state index contributed by atoms with van der Waals surface area (Å²) in [7, 11) is 0. The molecule has 2 heterocycles. The Hall–Kier alpha value is -3.88. The van der Waals surface area contributed by atoms with Gasteiger partial charge in [0.25, 0.3) is 0 Å². The van der Waals surface area contributed by atoms with Gasteiger partial charge in [0.15, 0.2) is 0 Å². The zero-order chi connectivity index (χ0) is 23.6. The van der Waals surface area contributed by atoms with Crippen LogP contribution >= 0.6 is 0 Å². The molecule has 0 aliphatic carbocycles. The minimum absolute atomic E-state index is 0.0119. The van der Waals surface area contributed by atoms with Crippen LogP contribution in [0.4, 0.5) is 13.2 Å². The van der Waals surface area contributed by atoms with Crippen LogP contribution in [0.25, 0.3) is 11.4 Å². The van der Waals surface area contributed by atoms with Gasteiger partial charge in [0.1, 0.15) is 0 Å². The van der Waals surface area contributed by atoms with Gasteiger partial charge in [-0.15, -0.1) is 0 Å². The van der Waals surface area contributed by atoms with Gasteiger partial charge in [-0.2, -0.15) is 23.4 Å². The van der Waals surface area contributed by atoms with E-state index in [1.165, 1.54) is 10.7 Å². The molecule has 170 valence electrons. The smallest absolute Gasteiger partial charge is 0.352 e. The third-order valence-corrected chi connectivity index (χ3v) is 5.15. The van der Waals surface area contributed by atoms with Crippen LogP contribution in [0.3, 0.4) is 0 Å². The molecule has 0 spiro atoms. The molecule has 0 atom stereocenters. The molecule has 2 aromatic carbocycles. The lowest BCUT2D eigenvalue weighted by molar-refractivity contribution is -0.138. The second-order valence-corrected chi connectivity index (χ2v) is 7.76. The van der Waals surface area contributed by atoms with Crippen molar-refractivity contribution in [2.75, 3.05) is 0 Å². The average Bonchev–Trinajstić information content (AvgIpc) is 3.38. The van der Waals surface area contributed by atoms with Crippen LogP contribution in [0.15, 0.2) is 67.0 Å². The predicted molar refractivity (Wildman–Crippen MR) is 117 cm³/mol. The minimum Gasteiger partial charge on any atom is -0.352 e. The number of carbonyl (C=O) groups is 1. The van der Waals surface area contributed by atoms with Crippen molar-refractivity contribution in [2.24, 2.45) is 0 Å². The molecule has 33 heavy (non-hydrogen) atoms. The quantitative estimate of drug-likeness (QED) is 0.466. The van der Waals surface area contributed by atoms with Crippen molar-refractivity contribution in [3.8, 4) is 11.4 Å². The molecule has 0 fully saturated rings. The maximum Gasteiger partial charge on any atom is 0.416 e. The van der Waals surface area contributed by atoms with Gasteiger partial charge in [-0.3, -0.25) is 4.79 Å². The van der Waals surface area contributed by atoms with Crippen LogP contribution in [-0.2, 0) is 23.9 Å². The van der Waals surface area contributed by atoms with Gasteiger partial charge >= 0.3 is 6.18 Å². The van der Waals surface area contributed by atoms with Crippen molar-refractivity contribution in [1.29, 1.82) is 0 Å². The maximum atomic E-state index is 13.7. The Morgan fingerprint density at radius 1 is 1.03 bits per heavy atom. The van der Waals surface area contributed by atoms with Gasteiger partial charge in [0, 0.05) is 18.4 Å². The first kappa shape index (κ1) is 22.3. The van der Waals surface area contributed by atoms with Crippen molar-refractivity contribution in [1.82, 2.24) is 24.9 Å². The van der Waals surface area contributed by atoms with Crippen LogP contribution in [0.1, 0.15) is 28.1 Å². The van der Waals surface area contributed by atoms with E-state index in [4.69, 9.17) is 0 Å². The number of carbonyl (C=O) groups excluding carboxylic acids is 1. The third kappa shape index (κ3) is 5.14. The van der Waals surface area contributed by atoms with E-state index in [1.54, 1.807) is 43.1 Å². The van der Waals surface area contributed by atoms with Gasteiger partial charge in [-0.25, -0.2) is 9.36 Å². The first-order valence-corrected chi connectivity index (χ1v) is 10.3. The second kappa shape index (κ2) is 8.93. The highest BCUT2D eigenvalue weighted by Crippen LogP contribution is 2.33. The molecule has 6 nitrogen and oxygen atoms in total. The van der Waals surface area contributed by atoms with Crippen LogP contribution in [-0.4, -0.2) is 25.5 Å². The summed E-state index contributed by atoms with van der Waals surface area (Å²) in [6.07, 6.45) is -1.27. The second-order valence-electron chi connectivity index (χ2n) is 7.76. The highest BCUT2D eigenvalue weighted by molar-refractivity contribution is 5.78. The number of halogens is 3. The SMILES string of the molecule is Cc1cc(C)n(-c2ccc(CNC(=O)Cc3cnn(-c4ccccc4)c3)c(C(F)(F)F)c2)n1. The Kier molecular flexibility index (Phi) is 6.04. The summed E-state index contributed by atoms with van der Waals surface area (Å²) in [5, 5.41) is 11.1. The maximum absolute atomic E-state index is 13.7. The molecule has 0 saturated heterocycles. The monoisotopic (exact) mass is 453 g/mol. The fraction of sp³-hybridized carbons (Fsp3) is 0.208. The lowest BCUT2D eigenvalue weighted by atomic mass is 10.1. The topological polar surface area (TPSA) is 64.7 Å². The number of para-hydroxylation sites is 1. The van der Waals surface area contributed by atoms with Crippen LogP contribution in [0.5, 0.6) is 0 Å². The summed E-state index contributed by atoms with van der Waals surface area (Å²) in [4.78, 5) is 12.4. The highest BCUT2D eigenvalue weighted by atomic mass is 19.4. The van der Waals surface area contributed by atoms with Gasteiger partial charge in [0.05, 0.1) is 35.2 Å². The molecular formula is C24H22F3N5O.